The lowest BCUT2D eigenvalue weighted by Crippen LogP contribution is -2.36. The quantitative estimate of drug-likeness (QED) is 0.743. The van der Waals surface area contributed by atoms with Crippen molar-refractivity contribution in [3.05, 3.63) is 23.6 Å². The smallest absolute Gasteiger partial charge is 0.251 e. The predicted octanol–water partition coefficient (Wildman–Crippen LogP) is 3.13. The zero-order chi connectivity index (χ0) is 12.4. The van der Waals surface area contributed by atoms with Crippen LogP contribution in [0.25, 0.3) is 0 Å². The molecule has 17 heavy (non-hydrogen) atoms. The molecule has 1 aromatic rings. The van der Waals surface area contributed by atoms with Gasteiger partial charge in [0.1, 0.15) is 0 Å². The van der Waals surface area contributed by atoms with Crippen LogP contribution in [0, 0.1) is 23.5 Å². The third-order valence-corrected chi connectivity index (χ3v) is 3.26. The zero-order valence-electron chi connectivity index (χ0n) is 9.72. The summed E-state index contributed by atoms with van der Waals surface area (Å²) in [4.78, 5) is 5.08. The van der Waals surface area contributed by atoms with E-state index in [-0.39, 0.29) is 5.82 Å². The lowest BCUT2D eigenvalue weighted by molar-refractivity contribution is 0.394. The predicted molar refractivity (Wildman–Crippen MR) is 59.3 cm³/mol. The first-order chi connectivity index (χ1) is 8.11. The molecular formula is C12H15F3N2. The minimum atomic E-state index is -1.24. The summed E-state index contributed by atoms with van der Waals surface area (Å²) < 4.78 is 39.3. The highest BCUT2D eigenvalue weighted by Crippen LogP contribution is 2.26. The van der Waals surface area contributed by atoms with Crippen LogP contribution < -0.4 is 4.90 Å². The Morgan fingerprint density at radius 3 is 2.82 bits per heavy atom. The molecule has 1 saturated heterocycles. The lowest BCUT2D eigenvalue weighted by atomic mass is 9.96. The van der Waals surface area contributed by atoms with Gasteiger partial charge >= 0.3 is 0 Å². The number of anilines is 1. The Morgan fingerprint density at radius 2 is 2.12 bits per heavy atom. The van der Waals surface area contributed by atoms with Gasteiger partial charge in [-0.25, -0.2) is 8.78 Å². The molecular weight excluding hydrogens is 229 g/mol. The summed E-state index contributed by atoms with van der Waals surface area (Å²) in [5.74, 6) is -2.86. The van der Waals surface area contributed by atoms with Crippen molar-refractivity contribution >= 4 is 5.82 Å². The first kappa shape index (κ1) is 12.2. The van der Waals surface area contributed by atoms with Crippen molar-refractivity contribution in [2.75, 3.05) is 18.0 Å². The van der Waals surface area contributed by atoms with Crippen molar-refractivity contribution in [1.29, 1.82) is 0 Å². The summed E-state index contributed by atoms with van der Waals surface area (Å²) in [5, 5.41) is 0. The molecule has 0 N–H and O–H groups in total. The highest BCUT2D eigenvalue weighted by molar-refractivity contribution is 5.40. The molecule has 2 rings (SSSR count). The van der Waals surface area contributed by atoms with E-state index in [4.69, 9.17) is 0 Å². The van der Waals surface area contributed by atoms with Crippen LogP contribution in [0.3, 0.4) is 0 Å². The molecule has 2 heterocycles. The van der Waals surface area contributed by atoms with Crippen LogP contribution in [0.5, 0.6) is 0 Å². The molecule has 0 aliphatic carbocycles. The average Bonchev–Trinajstić information content (AvgIpc) is 2.34. The van der Waals surface area contributed by atoms with Crippen LogP contribution in [-0.4, -0.2) is 18.1 Å². The fourth-order valence-corrected chi connectivity index (χ4v) is 2.25. The van der Waals surface area contributed by atoms with Crippen LogP contribution in [0.1, 0.15) is 26.2 Å². The van der Waals surface area contributed by atoms with Crippen LogP contribution >= 0.6 is 0 Å². The van der Waals surface area contributed by atoms with Gasteiger partial charge in [0.25, 0.3) is 5.95 Å². The maximum Gasteiger partial charge on any atom is 0.251 e. The highest BCUT2D eigenvalue weighted by Gasteiger charge is 2.23. The number of halogens is 3. The molecule has 1 unspecified atom stereocenters. The molecule has 94 valence electrons. The Hall–Kier alpha value is -1.26. The molecule has 2 nitrogen and oxygen atoms in total. The van der Waals surface area contributed by atoms with Crippen molar-refractivity contribution in [3.63, 3.8) is 0 Å². The first-order valence-corrected chi connectivity index (χ1v) is 5.88. The fourth-order valence-electron chi connectivity index (χ4n) is 2.25. The lowest BCUT2D eigenvalue weighted by Gasteiger charge is -2.33. The van der Waals surface area contributed by atoms with Crippen LogP contribution in [0.15, 0.2) is 6.07 Å². The Kier molecular flexibility index (Phi) is 3.54. The normalized spacial score (nSPS) is 20.7. The minimum absolute atomic E-state index is 0.0675. The molecule has 1 fully saturated rings. The van der Waals surface area contributed by atoms with Gasteiger partial charge in [0.15, 0.2) is 17.5 Å². The van der Waals surface area contributed by atoms with E-state index >= 15 is 0 Å². The third kappa shape index (κ3) is 2.53. The first-order valence-electron chi connectivity index (χ1n) is 5.88. The molecule has 0 saturated carbocycles. The summed E-state index contributed by atoms with van der Waals surface area (Å²) in [7, 11) is 0. The van der Waals surface area contributed by atoms with Crippen molar-refractivity contribution in [2.45, 2.75) is 26.2 Å². The molecule has 1 atom stereocenters. The molecule has 5 heteroatoms. The van der Waals surface area contributed by atoms with Crippen molar-refractivity contribution in [3.8, 4) is 0 Å². The fraction of sp³-hybridized carbons (Fsp3) is 0.583. The van der Waals surface area contributed by atoms with Gasteiger partial charge in [0.2, 0.25) is 0 Å². The highest BCUT2D eigenvalue weighted by atomic mass is 19.2. The van der Waals surface area contributed by atoms with E-state index in [1.165, 1.54) is 0 Å². The van der Waals surface area contributed by atoms with Gasteiger partial charge in [-0.3, -0.25) is 0 Å². The van der Waals surface area contributed by atoms with Gasteiger partial charge in [0, 0.05) is 19.2 Å². The van der Waals surface area contributed by atoms with E-state index < -0.39 is 17.6 Å². The second-order valence-electron chi connectivity index (χ2n) is 4.43. The van der Waals surface area contributed by atoms with Gasteiger partial charge in [-0.1, -0.05) is 13.3 Å². The topological polar surface area (TPSA) is 16.1 Å². The van der Waals surface area contributed by atoms with Crippen molar-refractivity contribution < 1.29 is 13.2 Å². The summed E-state index contributed by atoms with van der Waals surface area (Å²) >= 11 is 0. The van der Waals surface area contributed by atoms with Crippen molar-refractivity contribution in [2.24, 2.45) is 5.92 Å². The molecule has 0 radical (unpaired) electrons. The summed E-state index contributed by atoms with van der Waals surface area (Å²) in [6.45, 7) is 3.38. The Morgan fingerprint density at radius 1 is 1.35 bits per heavy atom. The minimum Gasteiger partial charge on any atom is -0.354 e. The Balaban J connectivity index is 2.24. The summed E-state index contributed by atoms with van der Waals surface area (Å²) in [5.41, 5.74) is 0. The third-order valence-electron chi connectivity index (χ3n) is 3.26. The van der Waals surface area contributed by atoms with Gasteiger partial charge in [-0.05, 0) is 18.8 Å². The van der Waals surface area contributed by atoms with E-state index in [2.05, 4.69) is 11.9 Å². The van der Waals surface area contributed by atoms with E-state index in [1.54, 1.807) is 4.90 Å². The maximum absolute atomic E-state index is 13.5. The second-order valence-corrected chi connectivity index (χ2v) is 4.43. The summed E-state index contributed by atoms with van der Waals surface area (Å²) in [6.07, 6.45) is 3.03. The molecule has 0 bridgehead atoms. The standard InChI is InChI=1S/C12H15F3N2/c1-2-8-4-3-5-17(7-8)12-10(14)6-9(13)11(15)16-12/h6,8H,2-5,7H2,1H3. The van der Waals surface area contributed by atoms with Gasteiger partial charge in [-0.2, -0.15) is 9.37 Å². The van der Waals surface area contributed by atoms with Crippen LogP contribution in [0.4, 0.5) is 19.0 Å². The molecule has 1 aromatic heterocycles. The summed E-state index contributed by atoms with van der Waals surface area (Å²) in [6, 6.07) is 0.563. The number of piperidine rings is 1. The Bertz CT molecular complexity index is 409. The van der Waals surface area contributed by atoms with Gasteiger partial charge in [-0.15, -0.1) is 0 Å². The van der Waals surface area contributed by atoms with Crippen molar-refractivity contribution in [1.82, 2.24) is 4.98 Å². The average molecular weight is 244 g/mol. The number of aromatic nitrogens is 1. The molecule has 1 aliphatic rings. The van der Waals surface area contributed by atoms with Crippen LogP contribution in [-0.2, 0) is 0 Å². The monoisotopic (exact) mass is 244 g/mol. The van der Waals surface area contributed by atoms with Gasteiger partial charge < -0.3 is 4.90 Å². The van der Waals surface area contributed by atoms with E-state index in [0.717, 1.165) is 19.3 Å². The number of pyridine rings is 1. The number of hydrogen-bond donors (Lipinski definition) is 0. The molecule has 0 aromatic carbocycles. The van der Waals surface area contributed by atoms with E-state index in [0.29, 0.717) is 25.1 Å². The van der Waals surface area contributed by atoms with E-state index in [9.17, 15) is 13.2 Å². The molecule has 1 aliphatic heterocycles. The van der Waals surface area contributed by atoms with Crippen LogP contribution in [0.2, 0.25) is 0 Å². The maximum atomic E-state index is 13.5. The van der Waals surface area contributed by atoms with Gasteiger partial charge in [0.05, 0.1) is 0 Å². The van der Waals surface area contributed by atoms with E-state index in [1.807, 2.05) is 0 Å². The SMILES string of the molecule is CCC1CCCN(c2nc(F)c(F)cc2F)C1. The number of hydrogen-bond acceptors (Lipinski definition) is 2. The Labute approximate surface area is 98.5 Å². The largest absolute Gasteiger partial charge is 0.354 e. The molecule has 0 amide bonds. The number of nitrogens with zero attached hydrogens (tertiary/aromatic N) is 2. The zero-order valence-corrected chi connectivity index (χ0v) is 9.72. The second kappa shape index (κ2) is 4.94. The number of rotatable bonds is 2. The molecule has 0 spiro atoms.